The molecule has 4 atom stereocenters. The largest absolute Gasteiger partial charge is 0.481 e. The molecular formula is C19H33N9O9. The molecule has 0 heterocycles. The molecule has 18 nitrogen and oxygen atoms in total. The number of carbonyl (C=O) groups excluding carboxylic acids is 5. The Balaban J connectivity index is 5.46. The Labute approximate surface area is 210 Å². The SMILES string of the molecule is NC(=O)CC(NC(=O)C(N)CCCN=C(N)N)C(=O)NC(CC(N)=O)C(=O)NC(CCC(=O)O)C(=O)O. The van der Waals surface area contributed by atoms with Crippen molar-refractivity contribution in [1.82, 2.24) is 16.0 Å². The summed E-state index contributed by atoms with van der Waals surface area (Å²) in [6, 6.07) is -6.13. The van der Waals surface area contributed by atoms with E-state index in [0.29, 0.717) is 6.42 Å². The smallest absolute Gasteiger partial charge is 0.326 e. The average molecular weight is 532 g/mol. The summed E-state index contributed by atoms with van der Waals surface area (Å²) in [7, 11) is 0. The molecule has 0 spiro atoms. The number of nitrogens with two attached hydrogens (primary N) is 5. The van der Waals surface area contributed by atoms with Crippen LogP contribution in [0.5, 0.6) is 0 Å². The van der Waals surface area contributed by atoms with Gasteiger partial charge < -0.3 is 54.8 Å². The van der Waals surface area contributed by atoms with Crippen LogP contribution in [0.3, 0.4) is 0 Å². The number of hydrogen-bond acceptors (Lipinski definition) is 9. The van der Waals surface area contributed by atoms with Crippen LogP contribution in [-0.2, 0) is 33.6 Å². The molecular weight excluding hydrogens is 498 g/mol. The minimum Gasteiger partial charge on any atom is -0.481 e. The van der Waals surface area contributed by atoms with Gasteiger partial charge in [0.15, 0.2) is 5.96 Å². The summed E-state index contributed by atoms with van der Waals surface area (Å²) < 4.78 is 0. The summed E-state index contributed by atoms with van der Waals surface area (Å²) in [5.74, 6) is -8.24. The molecule has 208 valence electrons. The first-order valence-electron chi connectivity index (χ1n) is 10.9. The maximum atomic E-state index is 12.8. The van der Waals surface area contributed by atoms with E-state index in [-0.39, 0.29) is 18.9 Å². The second-order valence-electron chi connectivity index (χ2n) is 7.85. The Bertz CT molecular complexity index is 905. The van der Waals surface area contributed by atoms with Crippen molar-refractivity contribution in [3.05, 3.63) is 0 Å². The Morgan fingerprint density at radius 1 is 0.703 bits per heavy atom. The fourth-order valence-corrected chi connectivity index (χ4v) is 2.82. The van der Waals surface area contributed by atoms with Gasteiger partial charge in [-0.15, -0.1) is 0 Å². The van der Waals surface area contributed by atoms with Gasteiger partial charge in [-0.25, -0.2) is 4.79 Å². The molecule has 0 aromatic rings. The molecule has 0 fully saturated rings. The van der Waals surface area contributed by atoms with Crippen LogP contribution in [0.1, 0.15) is 38.5 Å². The van der Waals surface area contributed by atoms with Crippen LogP contribution in [0.15, 0.2) is 4.99 Å². The summed E-state index contributed by atoms with van der Waals surface area (Å²) in [5.41, 5.74) is 26.4. The Morgan fingerprint density at radius 2 is 1.16 bits per heavy atom. The van der Waals surface area contributed by atoms with Gasteiger partial charge in [-0.1, -0.05) is 0 Å². The monoisotopic (exact) mass is 531 g/mol. The highest BCUT2D eigenvalue weighted by atomic mass is 16.4. The van der Waals surface area contributed by atoms with Crippen molar-refractivity contribution in [1.29, 1.82) is 0 Å². The molecule has 0 aliphatic heterocycles. The van der Waals surface area contributed by atoms with Crippen molar-refractivity contribution in [2.24, 2.45) is 33.7 Å². The van der Waals surface area contributed by atoms with E-state index in [1.54, 1.807) is 0 Å². The third kappa shape index (κ3) is 14.5. The molecule has 0 saturated carbocycles. The second-order valence-corrected chi connectivity index (χ2v) is 7.85. The van der Waals surface area contributed by atoms with E-state index < -0.39 is 91.3 Å². The number of carboxylic acids is 2. The molecule has 5 amide bonds. The molecule has 0 aliphatic rings. The average Bonchev–Trinajstić information content (AvgIpc) is 2.76. The summed E-state index contributed by atoms with van der Waals surface area (Å²) in [5, 5.41) is 24.3. The van der Waals surface area contributed by atoms with Crippen molar-refractivity contribution in [3.63, 3.8) is 0 Å². The highest BCUT2D eigenvalue weighted by Crippen LogP contribution is 2.03. The van der Waals surface area contributed by atoms with Crippen LogP contribution >= 0.6 is 0 Å². The first kappa shape index (κ1) is 32.5. The number of nitrogens with one attached hydrogen (secondary N) is 3. The van der Waals surface area contributed by atoms with Crippen molar-refractivity contribution in [3.8, 4) is 0 Å². The zero-order valence-corrected chi connectivity index (χ0v) is 19.8. The molecule has 0 radical (unpaired) electrons. The first-order valence-corrected chi connectivity index (χ1v) is 10.9. The highest BCUT2D eigenvalue weighted by molar-refractivity contribution is 5.97. The summed E-state index contributed by atoms with van der Waals surface area (Å²) in [4.78, 5) is 86.4. The summed E-state index contributed by atoms with van der Waals surface area (Å²) >= 11 is 0. The van der Waals surface area contributed by atoms with Crippen LogP contribution in [0.25, 0.3) is 0 Å². The number of guanidine groups is 1. The maximum Gasteiger partial charge on any atom is 0.326 e. The number of rotatable bonds is 18. The molecule has 0 bridgehead atoms. The number of primary amides is 2. The molecule has 0 saturated heterocycles. The van der Waals surface area contributed by atoms with Crippen LogP contribution in [0, 0.1) is 0 Å². The van der Waals surface area contributed by atoms with Crippen LogP contribution in [0.4, 0.5) is 0 Å². The Hall–Kier alpha value is -4.48. The van der Waals surface area contributed by atoms with Gasteiger partial charge in [-0.2, -0.15) is 0 Å². The molecule has 18 heteroatoms. The Morgan fingerprint density at radius 3 is 1.57 bits per heavy atom. The van der Waals surface area contributed by atoms with Crippen LogP contribution < -0.4 is 44.6 Å². The molecule has 0 aromatic carbocycles. The van der Waals surface area contributed by atoms with Gasteiger partial charge in [0, 0.05) is 13.0 Å². The molecule has 0 rings (SSSR count). The van der Waals surface area contributed by atoms with Gasteiger partial charge in [0.25, 0.3) is 0 Å². The van der Waals surface area contributed by atoms with Crippen molar-refractivity contribution in [2.45, 2.75) is 62.7 Å². The zero-order valence-electron chi connectivity index (χ0n) is 19.8. The van der Waals surface area contributed by atoms with Crippen LogP contribution in [0.2, 0.25) is 0 Å². The first-order chi connectivity index (χ1) is 17.1. The molecule has 15 N–H and O–H groups in total. The van der Waals surface area contributed by atoms with E-state index in [1.807, 2.05) is 5.32 Å². The normalized spacial score (nSPS) is 13.6. The Kier molecular flexibility index (Phi) is 14.3. The molecule has 4 unspecified atom stereocenters. The third-order valence-corrected chi connectivity index (χ3v) is 4.64. The van der Waals surface area contributed by atoms with E-state index in [9.17, 15) is 38.7 Å². The predicted molar refractivity (Wildman–Crippen MR) is 126 cm³/mol. The minimum atomic E-state index is -1.72. The molecule has 0 aliphatic carbocycles. The second kappa shape index (κ2) is 16.2. The van der Waals surface area contributed by atoms with Crippen molar-refractivity contribution >= 4 is 47.4 Å². The lowest BCUT2D eigenvalue weighted by molar-refractivity contribution is -0.143. The highest BCUT2D eigenvalue weighted by Gasteiger charge is 2.32. The number of hydrogen-bond donors (Lipinski definition) is 10. The lowest BCUT2D eigenvalue weighted by atomic mass is 10.1. The number of carboxylic acid groups (broad SMARTS) is 2. The number of aliphatic imine (C=N–C) groups is 1. The van der Waals surface area contributed by atoms with Gasteiger partial charge in [0.1, 0.15) is 18.1 Å². The standard InChI is InChI=1S/C19H33N9O9/c20-8(2-1-5-25-19(23)24)15(33)27-10(6-12(21)29)17(35)28-11(7-13(22)30)16(34)26-9(18(36)37)3-4-14(31)32/h8-11H,1-7,20H2,(H2,21,29)(H2,22,30)(H,26,34)(H,27,33)(H,28,35)(H,31,32)(H,36,37)(H4,23,24,25). The van der Waals surface area contributed by atoms with Crippen molar-refractivity contribution < 1.29 is 43.8 Å². The van der Waals surface area contributed by atoms with Gasteiger partial charge in [0.2, 0.25) is 29.5 Å². The van der Waals surface area contributed by atoms with Gasteiger partial charge in [-0.05, 0) is 19.3 Å². The maximum absolute atomic E-state index is 12.8. The van der Waals surface area contributed by atoms with E-state index in [2.05, 4.69) is 15.6 Å². The summed E-state index contributed by atoms with van der Waals surface area (Å²) in [6.45, 7) is 0.183. The number of carbonyl (C=O) groups is 7. The van der Waals surface area contributed by atoms with E-state index >= 15 is 0 Å². The quantitative estimate of drug-likeness (QED) is 0.0449. The predicted octanol–water partition coefficient (Wildman–Crippen LogP) is -5.48. The molecule has 0 aromatic heterocycles. The third-order valence-electron chi connectivity index (χ3n) is 4.64. The minimum absolute atomic E-state index is 0.104. The fourth-order valence-electron chi connectivity index (χ4n) is 2.82. The number of amides is 5. The van der Waals surface area contributed by atoms with Gasteiger partial charge >= 0.3 is 11.9 Å². The lowest BCUT2D eigenvalue weighted by Gasteiger charge is -2.24. The fraction of sp³-hybridized carbons (Fsp3) is 0.579. The topological polar surface area (TPSA) is 338 Å². The lowest BCUT2D eigenvalue weighted by Crippen LogP contribution is -2.58. The van der Waals surface area contributed by atoms with E-state index in [4.69, 9.17) is 33.8 Å². The van der Waals surface area contributed by atoms with Gasteiger partial charge in [0.05, 0.1) is 18.9 Å². The van der Waals surface area contributed by atoms with Crippen LogP contribution in [-0.4, -0.2) is 88.4 Å². The van der Waals surface area contributed by atoms with Gasteiger partial charge in [-0.3, -0.25) is 33.8 Å². The zero-order chi connectivity index (χ0) is 28.7. The van der Waals surface area contributed by atoms with Crippen molar-refractivity contribution in [2.75, 3.05) is 6.54 Å². The van der Waals surface area contributed by atoms with E-state index in [0.717, 1.165) is 0 Å². The molecule has 37 heavy (non-hydrogen) atoms. The number of nitrogens with zero attached hydrogens (tertiary/aromatic N) is 1. The number of aliphatic carboxylic acids is 2. The summed E-state index contributed by atoms with van der Waals surface area (Å²) in [6.07, 6.45) is -2.16. The van der Waals surface area contributed by atoms with E-state index in [1.165, 1.54) is 0 Å².